The Kier molecular flexibility index (Phi) is 4.64. The largest absolute Gasteiger partial charge is 0.476 e. The molecule has 3 nitrogen and oxygen atoms in total. The summed E-state index contributed by atoms with van der Waals surface area (Å²) in [6.07, 6.45) is 5.00. The number of pyridine rings is 1. The highest BCUT2D eigenvalue weighted by atomic mass is 79.9. The Morgan fingerprint density at radius 3 is 2.66 bits per heavy atom. The second-order valence-corrected chi connectivity index (χ2v) is 8.07. The van der Waals surface area contributed by atoms with E-state index in [1.807, 2.05) is 24.3 Å². The summed E-state index contributed by atoms with van der Waals surface area (Å²) in [5.41, 5.74) is 2.15. The predicted octanol–water partition coefficient (Wildman–Crippen LogP) is 4.31. The topological polar surface area (TPSA) is 39.2 Å². The number of hydrogen-bond donors (Lipinski definition) is 0. The SMILES string of the molecule is O=C1C=c2cc3ccc4cc(Br)c(OCCc5ccccc5)nc4c3cc2=CC1. The summed E-state index contributed by atoms with van der Waals surface area (Å²) < 4.78 is 6.86. The first-order valence-electron chi connectivity index (χ1n) is 9.62. The van der Waals surface area contributed by atoms with Crippen molar-refractivity contribution in [3.8, 4) is 5.88 Å². The van der Waals surface area contributed by atoms with Gasteiger partial charge in [0, 0.05) is 23.6 Å². The standard InChI is InChI=1S/C25H18BrNO2/c26-23-15-19-7-6-18-12-20-13-21(28)9-8-17(20)14-22(18)24(19)27-25(23)29-11-10-16-4-2-1-3-5-16/h1-8,12-15H,9-11H2. The van der Waals surface area contributed by atoms with Crippen molar-refractivity contribution < 1.29 is 9.53 Å². The molecule has 3 aromatic carbocycles. The third-order valence-electron chi connectivity index (χ3n) is 5.24. The maximum atomic E-state index is 11.7. The minimum absolute atomic E-state index is 0.147. The zero-order valence-corrected chi connectivity index (χ0v) is 17.3. The lowest BCUT2D eigenvalue weighted by Gasteiger charge is -2.11. The highest BCUT2D eigenvalue weighted by Crippen LogP contribution is 2.30. The molecule has 4 heteroatoms. The van der Waals surface area contributed by atoms with Gasteiger partial charge in [0.05, 0.1) is 16.6 Å². The van der Waals surface area contributed by atoms with Crippen molar-refractivity contribution in [3.63, 3.8) is 0 Å². The summed E-state index contributed by atoms with van der Waals surface area (Å²) in [6, 6.07) is 20.7. The molecule has 5 rings (SSSR count). The molecule has 0 unspecified atom stereocenters. The van der Waals surface area contributed by atoms with E-state index < -0.39 is 0 Å². The first-order chi connectivity index (χ1) is 14.2. The number of nitrogens with zero attached hydrogens (tertiary/aromatic N) is 1. The molecule has 1 aromatic heterocycles. The quantitative estimate of drug-likeness (QED) is 0.441. The molecule has 1 aliphatic carbocycles. The third kappa shape index (κ3) is 3.56. The Hall–Kier alpha value is -2.98. The molecular formula is C25H18BrNO2. The molecule has 0 atom stereocenters. The Bertz CT molecular complexity index is 1380. The Morgan fingerprint density at radius 1 is 0.966 bits per heavy atom. The zero-order chi connectivity index (χ0) is 19.8. The fraction of sp³-hybridized carbons (Fsp3) is 0.120. The van der Waals surface area contributed by atoms with Gasteiger partial charge in [-0.05, 0) is 61.6 Å². The van der Waals surface area contributed by atoms with E-state index in [1.165, 1.54) is 5.56 Å². The van der Waals surface area contributed by atoms with Gasteiger partial charge in [-0.1, -0.05) is 48.5 Å². The lowest BCUT2D eigenvalue weighted by atomic mass is 10.00. The first kappa shape index (κ1) is 18.1. The van der Waals surface area contributed by atoms with Crippen LogP contribution >= 0.6 is 15.9 Å². The fourth-order valence-corrected chi connectivity index (χ4v) is 4.21. The van der Waals surface area contributed by atoms with E-state index >= 15 is 0 Å². The van der Waals surface area contributed by atoms with Crippen LogP contribution in [0.5, 0.6) is 5.88 Å². The molecule has 0 saturated carbocycles. The van der Waals surface area contributed by atoms with E-state index in [0.717, 1.165) is 43.0 Å². The van der Waals surface area contributed by atoms with Gasteiger partial charge in [0.25, 0.3) is 0 Å². The molecular weight excluding hydrogens is 426 g/mol. The van der Waals surface area contributed by atoms with E-state index in [4.69, 9.17) is 9.72 Å². The van der Waals surface area contributed by atoms with E-state index in [9.17, 15) is 4.79 Å². The van der Waals surface area contributed by atoms with Crippen molar-refractivity contribution in [2.24, 2.45) is 0 Å². The maximum Gasteiger partial charge on any atom is 0.228 e. The van der Waals surface area contributed by atoms with Gasteiger partial charge < -0.3 is 4.74 Å². The van der Waals surface area contributed by atoms with Crippen LogP contribution in [0, 0.1) is 0 Å². The van der Waals surface area contributed by atoms with Gasteiger partial charge in [-0.2, -0.15) is 0 Å². The van der Waals surface area contributed by atoms with E-state index in [2.05, 4.69) is 58.4 Å². The molecule has 0 fully saturated rings. The highest BCUT2D eigenvalue weighted by molar-refractivity contribution is 9.10. The van der Waals surface area contributed by atoms with Gasteiger partial charge in [0.1, 0.15) is 0 Å². The molecule has 1 aliphatic rings. The molecule has 0 N–H and O–H groups in total. The van der Waals surface area contributed by atoms with Gasteiger partial charge in [0.2, 0.25) is 5.88 Å². The molecule has 0 spiro atoms. The van der Waals surface area contributed by atoms with Gasteiger partial charge in [-0.25, -0.2) is 4.98 Å². The van der Waals surface area contributed by atoms with Crippen molar-refractivity contribution in [1.82, 2.24) is 4.98 Å². The second kappa shape index (κ2) is 7.45. The molecule has 0 radical (unpaired) electrons. The molecule has 29 heavy (non-hydrogen) atoms. The Balaban J connectivity index is 1.56. The average Bonchev–Trinajstić information content (AvgIpc) is 2.73. The van der Waals surface area contributed by atoms with Crippen LogP contribution in [-0.4, -0.2) is 17.4 Å². The number of Topliss-reactive ketones (excluding diaryl/α,β-unsaturated/α-hetero) is 1. The fourth-order valence-electron chi connectivity index (χ4n) is 3.76. The summed E-state index contributed by atoms with van der Waals surface area (Å²) >= 11 is 3.60. The summed E-state index contributed by atoms with van der Waals surface area (Å²) in [4.78, 5) is 16.6. The van der Waals surface area contributed by atoms with Crippen LogP contribution in [0.1, 0.15) is 12.0 Å². The van der Waals surface area contributed by atoms with Crippen molar-refractivity contribution >= 4 is 55.5 Å². The Morgan fingerprint density at radius 2 is 1.79 bits per heavy atom. The number of hydrogen-bond acceptors (Lipinski definition) is 3. The number of carbonyl (C=O) groups is 1. The monoisotopic (exact) mass is 443 g/mol. The number of carbonyl (C=O) groups excluding carboxylic acids is 1. The molecule has 0 aliphatic heterocycles. The van der Waals surface area contributed by atoms with Crippen molar-refractivity contribution in [1.29, 1.82) is 0 Å². The summed E-state index contributed by atoms with van der Waals surface area (Å²) in [5.74, 6) is 0.748. The number of fused-ring (bicyclic) bond motifs is 4. The maximum absolute atomic E-state index is 11.7. The van der Waals surface area contributed by atoms with Crippen molar-refractivity contribution in [3.05, 3.63) is 81.1 Å². The zero-order valence-electron chi connectivity index (χ0n) is 15.7. The number of ether oxygens (including phenoxy) is 1. The third-order valence-corrected chi connectivity index (χ3v) is 5.81. The van der Waals surface area contributed by atoms with Gasteiger partial charge >= 0.3 is 0 Å². The number of rotatable bonds is 4. The molecule has 0 saturated heterocycles. The highest BCUT2D eigenvalue weighted by Gasteiger charge is 2.11. The molecule has 0 bridgehead atoms. The number of ketones is 1. The lowest BCUT2D eigenvalue weighted by Crippen LogP contribution is -2.28. The van der Waals surface area contributed by atoms with Crippen LogP contribution < -0.4 is 15.2 Å². The lowest BCUT2D eigenvalue weighted by molar-refractivity contribution is -0.112. The first-order valence-corrected chi connectivity index (χ1v) is 10.4. The van der Waals surface area contributed by atoms with Crippen LogP contribution in [0.3, 0.4) is 0 Å². The van der Waals surface area contributed by atoms with Crippen LogP contribution in [0.15, 0.2) is 65.1 Å². The van der Waals surface area contributed by atoms with E-state index in [-0.39, 0.29) is 5.78 Å². The number of aromatic nitrogens is 1. The second-order valence-electron chi connectivity index (χ2n) is 7.22. The van der Waals surface area contributed by atoms with Crippen LogP contribution in [-0.2, 0) is 11.2 Å². The van der Waals surface area contributed by atoms with Crippen LogP contribution in [0.2, 0.25) is 0 Å². The average molecular weight is 444 g/mol. The molecule has 142 valence electrons. The van der Waals surface area contributed by atoms with E-state index in [0.29, 0.717) is 18.9 Å². The summed E-state index contributed by atoms with van der Waals surface area (Å²) in [5, 5.41) is 5.25. The van der Waals surface area contributed by atoms with Crippen molar-refractivity contribution in [2.75, 3.05) is 6.61 Å². The minimum atomic E-state index is 0.147. The van der Waals surface area contributed by atoms with Gasteiger partial charge in [-0.3, -0.25) is 4.79 Å². The Labute approximate surface area is 176 Å². The minimum Gasteiger partial charge on any atom is -0.476 e. The predicted molar refractivity (Wildman–Crippen MR) is 120 cm³/mol. The van der Waals surface area contributed by atoms with Crippen LogP contribution in [0.4, 0.5) is 0 Å². The van der Waals surface area contributed by atoms with E-state index in [1.54, 1.807) is 6.08 Å². The normalized spacial score (nSPS) is 13.1. The van der Waals surface area contributed by atoms with Crippen LogP contribution in [0.25, 0.3) is 33.8 Å². The number of halogens is 1. The summed E-state index contributed by atoms with van der Waals surface area (Å²) in [6.45, 7) is 0.562. The molecule has 4 aromatic rings. The molecule has 1 heterocycles. The number of benzene rings is 3. The van der Waals surface area contributed by atoms with Gasteiger partial charge in [0.15, 0.2) is 5.78 Å². The smallest absolute Gasteiger partial charge is 0.228 e. The summed E-state index contributed by atoms with van der Waals surface area (Å²) in [7, 11) is 0. The van der Waals surface area contributed by atoms with Gasteiger partial charge in [-0.15, -0.1) is 0 Å². The van der Waals surface area contributed by atoms with Crippen molar-refractivity contribution in [2.45, 2.75) is 12.8 Å². The molecule has 0 amide bonds.